The zero-order valence-corrected chi connectivity index (χ0v) is 17.7. The van der Waals surface area contributed by atoms with Gasteiger partial charge in [-0.2, -0.15) is 0 Å². The van der Waals surface area contributed by atoms with E-state index in [2.05, 4.69) is 15.6 Å². The molecule has 3 amide bonds. The molecule has 1 atom stereocenters. The third-order valence-electron chi connectivity index (χ3n) is 4.68. The molecule has 0 aliphatic carbocycles. The van der Waals surface area contributed by atoms with Crippen LogP contribution in [0.2, 0.25) is 0 Å². The molecular formula is C18H30N4O4S. The number of likely N-dealkylation sites (tertiary alicyclic amines) is 1. The van der Waals surface area contributed by atoms with Crippen LogP contribution in [0.5, 0.6) is 0 Å². The minimum atomic E-state index is -1.08. The number of carbonyl (C=O) groups excluding carboxylic acids is 2. The number of nitrogens with one attached hydrogen (secondary N) is 2. The Balaban J connectivity index is 1.86. The standard InChI is InChI=1S/C18H30N4O4S/c1-11-12(2)27-15(19-11)21-14(23)20-13(3)18(25)7-9-22(10-8-18)16(24)26-17(4,5)6/h13,25H,7-10H2,1-6H3,(H2,19,20,21,23). The van der Waals surface area contributed by atoms with Crippen molar-refractivity contribution in [2.75, 3.05) is 18.4 Å². The largest absolute Gasteiger partial charge is 0.444 e. The highest BCUT2D eigenvalue weighted by molar-refractivity contribution is 7.15. The van der Waals surface area contributed by atoms with Gasteiger partial charge in [-0.25, -0.2) is 14.6 Å². The van der Waals surface area contributed by atoms with E-state index in [1.807, 2.05) is 34.6 Å². The van der Waals surface area contributed by atoms with Gasteiger partial charge >= 0.3 is 12.1 Å². The van der Waals surface area contributed by atoms with E-state index in [4.69, 9.17) is 4.74 Å². The van der Waals surface area contributed by atoms with E-state index in [9.17, 15) is 14.7 Å². The number of hydrogen-bond donors (Lipinski definition) is 3. The maximum Gasteiger partial charge on any atom is 0.410 e. The first-order valence-corrected chi connectivity index (χ1v) is 9.93. The molecule has 1 aromatic heterocycles. The summed E-state index contributed by atoms with van der Waals surface area (Å²) in [7, 11) is 0. The predicted molar refractivity (Wildman–Crippen MR) is 105 cm³/mol. The lowest BCUT2D eigenvalue weighted by Gasteiger charge is -2.41. The van der Waals surface area contributed by atoms with E-state index < -0.39 is 23.3 Å². The molecule has 2 rings (SSSR count). The summed E-state index contributed by atoms with van der Waals surface area (Å²) in [5.74, 6) is 0. The first kappa shape index (κ1) is 21.4. The first-order chi connectivity index (χ1) is 12.4. The monoisotopic (exact) mass is 398 g/mol. The number of piperidine rings is 1. The van der Waals surface area contributed by atoms with Crippen LogP contribution in [0, 0.1) is 13.8 Å². The molecule has 1 aliphatic heterocycles. The summed E-state index contributed by atoms with van der Waals surface area (Å²) in [6.07, 6.45) is 0.351. The molecule has 1 saturated heterocycles. The molecule has 8 nitrogen and oxygen atoms in total. The zero-order valence-electron chi connectivity index (χ0n) is 16.9. The Labute approximate surface area is 164 Å². The van der Waals surface area contributed by atoms with Gasteiger partial charge < -0.3 is 20.1 Å². The molecule has 1 fully saturated rings. The average Bonchev–Trinajstić information content (AvgIpc) is 2.83. The highest BCUT2D eigenvalue weighted by Gasteiger charge is 2.40. The van der Waals surface area contributed by atoms with Crippen molar-refractivity contribution >= 4 is 28.6 Å². The molecule has 3 N–H and O–H groups in total. The number of aromatic nitrogens is 1. The third kappa shape index (κ3) is 5.80. The van der Waals surface area contributed by atoms with Crippen LogP contribution in [0.25, 0.3) is 0 Å². The van der Waals surface area contributed by atoms with Gasteiger partial charge in [-0.15, -0.1) is 11.3 Å². The quantitative estimate of drug-likeness (QED) is 0.726. The fourth-order valence-electron chi connectivity index (χ4n) is 2.83. The Bertz CT molecular complexity index is 671. The molecule has 0 spiro atoms. The van der Waals surface area contributed by atoms with Crippen LogP contribution >= 0.6 is 11.3 Å². The number of anilines is 1. The number of rotatable bonds is 3. The molecule has 1 aromatic rings. The Morgan fingerprint density at radius 3 is 2.37 bits per heavy atom. The van der Waals surface area contributed by atoms with Gasteiger partial charge in [0.15, 0.2) is 5.13 Å². The van der Waals surface area contributed by atoms with Crippen molar-refractivity contribution in [2.24, 2.45) is 0 Å². The molecule has 2 heterocycles. The van der Waals surface area contributed by atoms with Crippen molar-refractivity contribution in [3.63, 3.8) is 0 Å². The Kier molecular flexibility index (Phi) is 6.36. The van der Waals surface area contributed by atoms with Crippen LogP contribution in [0.4, 0.5) is 14.7 Å². The van der Waals surface area contributed by atoms with Crippen LogP contribution in [-0.4, -0.2) is 57.4 Å². The van der Waals surface area contributed by atoms with E-state index in [0.717, 1.165) is 10.6 Å². The number of nitrogens with zero attached hydrogens (tertiary/aromatic N) is 2. The molecule has 27 heavy (non-hydrogen) atoms. The number of aliphatic hydroxyl groups is 1. The van der Waals surface area contributed by atoms with Crippen LogP contribution in [0.3, 0.4) is 0 Å². The van der Waals surface area contributed by atoms with Crippen LogP contribution < -0.4 is 10.6 Å². The molecule has 0 saturated carbocycles. The topological polar surface area (TPSA) is 104 Å². The third-order valence-corrected chi connectivity index (χ3v) is 5.67. The highest BCUT2D eigenvalue weighted by atomic mass is 32.1. The van der Waals surface area contributed by atoms with Crippen LogP contribution in [0.15, 0.2) is 0 Å². The number of aryl methyl sites for hydroxylation is 2. The minimum absolute atomic E-state index is 0.364. The van der Waals surface area contributed by atoms with Gasteiger partial charge in [0.25, 0.3) is 0 Å². The minimum Gasteiger partial charge on any atom is -0.444 e. The van der Waals surface area contributed by atoms with Crippen molar-refractivity contribution < 1.29 is 19.4 Å². The lowest BCUT2D eigenvalue weighted by atomic mass is 9.85. The number of hydrogen-bond acceptors (Lipinski definition) is 6. The number of urea groups is 1. The van der Waals surface area contributed by atoms with Crippen molar-refractivity contribution in [1.82, 2.24) is 15.2 Å². The second kappa shape index (κ2) is 8.02. The Morgan fingerprint density at radius 1 is 1.30 bits per heavy atom. The molecular weight excluding hydrogens is 368 g/mol. The molecule has 0 radical (unpaired) electrons. The summed E-state index contributed by atoms with van der Waals surface area (Å²) in [5, 5.41) is 16.9. The molecule has 152 valence electrons. The summed E-state index contributed by atoms with van der Waals surface area (Å²) >= 11 is 1.41. The zero-order chi connectivity index (χ0) is 20.4. The van der Waals surface area contributed by atoms with Crippen LogP contribution in [0.1, 0.15) is 51.1 Å². The van der Waals surface area contributed by atoms with Gasteiger partial charge in [0, 0.05) is 18.0 Å². The summed E-state index contributed by atoms with van der Waals surface area (Å²) in [4.78, 5) is 31.3. The molecule has 1 aliphatic rings. The normalized spacial score (nSPS) is 18.0. The fourth-order valence-corrected chi connectivity index (χ4v) is 3.64. The lowest BCUT2D eigenvalue weighted by Crippen LogP contribution is -2.58. The van der Waals surface area contributed by atoms with Gasteiger partial charge in [-0.3, -0.25) is 5.32 Å². The van der Waals surface area contributed by atoms with Crippen molar-refractivity contribution in [3.05, 3.63) is 10.6 Å². The summed E-state index contributed by atoms with van der Waals surface area (Å²) in [6, 6.07) is -0.875. The smallest absolute Gasteiger partial charge is 0.410 e. The number of thiazole rings is 1. The van der Waals surface area contributed by atoms with E-state index in [-0.39, 0.29) is 6.09 Å². The predicted octanol–water partition coefficient (Wildman–Crippen LogP) is 3.03. The highest BCUT2D eigenvalue weighted by Crippen LogP contribution is 2.27. The van der Waals surface area contributed by atoms with E-state index >= 15 is 0 Å². The maximum absolute atomic E-state index is 12.2. The Hall–Kier alpha value is -1.87. The number of amides is 3. The molecule has 9 heteroatoms. The molecule has 0 bridgehead atoms. The summed E-state index contributed by atoms with van der Waals surface area (Å²) in [5.41, 5.74) is -0.744. The van der Waals surface area contributed by atoms with Crippen molar-refractivity contribution in [2.45, 2.75) is 71.6 Å². The van der Waals surface area contributed by atoms with E-state index in [1.54, 1.807) is 11.8 Å². The first-order valence-electron chi connectivity index (χ1n) is 9.11. The van der Waals surface area contributed by atoms with Gasteiger partial charge in [0.1, 0.15) is 5.60 Å². The molecule has 0 aromatic carbocycles. The second-order valence-electron chi connectivity index (χ2n) is 8.05. The molecule has 1 unspecified atom stereocenters. The van der Waals surface area contributed by atoms with Crippen molar-refractivity contribution in [3.8, 4) is 0 Å². The van der Waals surface area contributed by atoms with Gasteiger partial charge in [0.2, 0.25) is 0 Å². The number of carbonyl (C=O) groups is 2. The second-order valence-corrected chi connectivity index (χ2v) is 9.25. The van der Waals surface area contributed by atoms with Gasteiger partial charge in [-0.05, 0) is 54.4 Å². The van der Waals surface area contributed by atoms with Gasteiger partial charge in [0.05, 0.1) is 17.3 Å². The van der Waals surface area contributed by atoms with Crippen LogP contribution in [-0.2, 0) is 4.74 Å². The SMILES string of the molecule is Cc1nc(NC(=O)NC(C)C2(O)CCN(C(=O)OC(C)(C)C)CC2)sc1C. The lowest BCUT2D eigenvalue weighted by molar-refractivity contribution is -0.0482. The fraction of sp³-hybridized carbons (Fsp3) is 0.722. The Morgan fingerprint density at radius 2 is 1.89 bits per heavy atom. The van der Waals surface area contributed by atoms with Crippen molar-refractivity contribution in [1.29, 1.82) is 0 Å². The summed E-state index contributed by atoms with van der Waals surface area (Å²) in [6.45, 7) is 11.8. The summed E-state index contributed by atoms with van der Waals surface area (Å²) < 4.78 is 5.37. The number of ether oxygens (including phenoxy) is 1. The van der Waals surface area contributed by atoms with E-state index in [1.165, 1.54) is 11.3 Å². The van der Waals surface area contributed by atoms with E-state index in [0.29, 0.717) is 31.1 Å². The average molecular weight is 399 g/mol. The van der Waals surface area contributed by atoms with Gasteiger partial charge in [-0.1, -0.05) is 0 Å². The maximum atomic E-state index is 12.2.